The number of thioether (sulfide) groups is 1. The van der Waals surface area contributed by atoms with E-state index in [2.05, 4.69) is 9.58 Å². The molecule has 0 aliphatic carbocycles. The molecule has 0 N–H and O–H groups in total. The zero-order chi connectivity index (χ0) is 8.69. The molecule has 0 radical (unpaired) electrons. The van der Waals surface area contributed by atoms with Gasteiger partial charge in [0.05, 0.1) is 7.11 Å². The first-order valence-corrected chi connectivity index (χ1v) is 4.59. The largest absolute Gasteiger partial charge is 0.463 e. The first-order chi connectivity index (χ1) is 5.26. The lowest BCUT2D eigenvalue weighted by atomic mass is 10.2. The van der Waals surface area contributed by atoms with Crippen LogP contribution in [0.25, 0.3) is 4.85 Å². The van der Waals surface area contributed by atoms with E-state index in [9.17, 15) is 4.79 Å². The Morgan fingerprint density at radius 3 is 2.82 bits per heavy atom. The number of methoxy groups -OCH3 is 1. The molecule has 0 aromatic heterocycles. The van der Waals surface area contributed by atoms with Crippen LogP contribution in [0.3, 0.4) is 0 Å². The molecule has 0 rings (SSSR count). The number of hydrogen-bond acceptors (Lipinski definition) is 3. The number of hydrogen-bond donors (Lipinski definition) is 0. The lowest BCUT2D eigenvalue weighted by Crippen LogP contribution is -2.19. The van der Waals surface area contributed by atoms with Gasteiger partial charge < -0.3 is 9.58 Å². The highest BCUT2D eigenvalue weighted by Crippen LogP contribution is 2.05. The molecular formula is C7H11NO2S. The monoisotopic (exact) mass is 173 g/mol. The van der Waals surface area contributed by atoms with Crippen LogP contribution in [0, 0.1) is 6.57 Å². The van der Waals surface area contributed by atoms with Crippen LogP contribution in [-0.4, -0.2) is 31.1 Å². The minimum Gasteiger partial charge on any atom is -0.463 e. The Hall–Kier alpha value is -0.690. The number of esters is 1. The Labute approximate surface area is 70.9 Å². The maximum absolute atomic E-state index is 10.8. The number of ether oxygens (including phenoxy) is 1. The normalized spacial score (nSPS) is 11.7. The van der Waals surface area contributed by atoms with Crippen molar-refractivity contribution in [1.29, 1.82) is 0 Å². The summed E-state index contributed by atoms with van der Waals surface area (Å²) in [7, 11) is 1.31. The quantitative estimate of drug-likeness (QED) is 0.473. The van der Waals surface area contributed by atoms with E-state index >= 15 is 0 Å². The SMILES string of the molecule is [C-]#[N+]C(CCSC)C(=O)OC. The summed E-state index contributed by atoms with van der Waals surface area (Å²) < 4.78 is 4.44. The van der Waals surface area contributed by atoms with Crippen molar-refractivity contribution in [2.75, 3.05) is 19.1 Å². The molecule has 0 aliphatic heterocycles. The summed E-state index contributed by atoms with van der Waals surface area (Å²) in [6.45, 7) is 6.69. The highest BCUT2D eigenvalue weighted by Gasteiger charge is 2.22. The van der Waals surface area contributed by atoms with Crippen LogP contribution in [0.2, 0.25) is 0 Å². The van der Waals surface area contributed by atoms with Crippen molar-refractivity contribution < 1.29 is 9.53 Å². The Balaban J connectivity index is 3.78. The predicted octanol–water partition coefficient (Wildman–Crippen LogP) is 1.20. The summed E-state index contributed by atoms with van der Waals surface area (Å²) in [5, 5.41) is 0. The number of rotatable bonds is 4. The lowest BCUT2D eigenvalue weighted by Gasteiger charge is -2.00. The molecule has 1 atom stereocenters. The van der Waals surface area contributed by atoms with E-state index in [0.717, 1.165) is 5.75 Å². The fourth-order valence-corrected chi connectivity index (χ4v) is 1.06. The molecule has 0 amide bonds. The molecule has 0 aromatic carbocycles. The van der Waals surface area contributed by atoms with Crippen LogP contribution < -0.4 is 0 Å². The van der Waals surface area contributed by atoms with Gasteiger partial charge in [0.15, 0.2) is 0 Å². The second-order valence-corrected chi connectivity index (χ2v) is 2.94. The summed E-state index contributed by atoms with van der Waals surface area (Å²) in [6, 6.07) is -0.604. The molecule has 0 saturated carbocycles. The molecule has 4 heteroatoms. The maximum atomic E-state index is 10.8. The second-order valence-electron chi connectivity index (χ2n) is 1.95. The van der Waals surface area contributed by atoms with E-state index in [1.54, 1.807) is 11.8 Å². The Kier molecular flexibility index (Phi) is 5.67. The summed E-state index contributed by atoms with van der Waals surface area (Å²) in [6.07, 6.45) is 2.52. The lowest BCUT2D eigenvalue weighted by molar-refractivity contribution is -0.141. The average molecular weight is 173 g/mol. The Morgan fingerprint density at radius 2 is 2.45 bits per heavy atom. The minimum atomic E-state index is -0.604. The summed E-state index contributed by atoms with van der Waals surface area (Å²) in [5.41, 5.74) is 0. The molecule has 11 heavy (non-hydrogen) atoms. The van der Waals surface area contributed by atoms with Crippen molar-refractivity contribution in [3.05, 3.63) is 11.4 Å². The van der Waals surface area contributed by atoms with E-state index in [0.29, 0.717) is 6.42 Å². The number of carbonyl (C=O) groups is 1. The summed E-state index contributed by atoms with van der Waals surface area (Å²) in [5.74, 6) is 0.399. The predicted molar refractivity (Wildman–Crippen MR) is 45.4 cm³/mol. The summed E-state index contributed by atoms with van der Waals surface area (Å²) >= 11 is 1.62. The third kappa shape index (κ3) is 3.89. The van der Waals surface area contributed by atoms with E-state index in [4.69, 9.17) is 6.57 Å². The fourth-order valence-electron chi connectivity index (χ4n) is 0.601. The zero-order valence-corrected chi connectivity index (χ0v) is 7.48. The van der Waals surface area contributed by atoms with Gasteiger partial charge in [-0.1, -0.05) is 0 Å². The molecule has 0 spiro atoms. The highest BCUT2D eigenvalue weighted by molar-refractivity contribution is 7.98. The van der Waals surface area contributed by atoms with Gasteiger partial charge >= 0.3 is 12.0 Å². The van der Waals surface area contributed by atoms with Gasteiger partial charge in [-0.05, 0) is 6.26 Å². The zero-order valence-electron chi connectivity index (χ0n) is 6.66. The maximum Gasteiger partial charge on any atom is 0.390 e. The van der Waals surface area contributed by atoms with Crippen molar-refractivity contribution in [2.45, 2.75) is 12.5 Å². The Bertz CT molecular complexity index is 164. The smallest absolute Gasteiger partial charge is 0.390 e. The van der Waals surface area contributed by atoms with Crippen LogP contribution >= 0.6 is 11.8 Å². The van der Waals surface area contributed by atoms with Crippen LogP contribution in [-0.2, 0) is 9.53 Å². The molecule has 3 nitrogen and oxygen atoms in total. The van der Waals surface area contributed by atoms with Crippen molar-refractivity contribution in [1.82, 2.24) is 0 Å². The van der Waals surface area contributed by atoms with Crippen LogP contribution in [0.15, 0.2) is 0 Å². The molecule has 0 aromatic rings. The van der Waals surface area contributed by atoms with Gasteiger partial charge in [-0.25, -0.2) is 11.4 Å². The highest BCUT2D eigenvalue weighted by atomic mass is 32.2. The molecule has 0 saturated heterocycles. The van der Waals surface area contributed by atoms with Crippen molar-refractivity contribution in [2.24, 2.45) is 0 Å². The van der Waals surface area contributed by atoms with Crippen molar-refractivity contribution in [3.63, 3.8) is 0 Å². The van der Waals surface area contributed by atoms with Crippen molar-refractivity contribution >= 4 is 17.7 Å². The van der Waals surface area contributed by atoms with E-state index in [1.807, 2.05) is 6.26 Å². The molecule has 0 aliphatic rings. The molecule has 0 heterocycles. The van der Waals surface area contributed by atoms with Gasteiger partial charge in [-0.2, -0.15) is 11.8 Å². The van der Waals surface area contributed by atoms with Gasteiger partial charge in [0, 0.05) is 12.2 Å². The molecule has 0 bridgehead atoms. The molecule has 62 valence electrons. The standard InChI is InChI=1S/C7H11NO2S/c1-8-6(4-5-11-3)7(9)10-2/h6H,4-5H2,2-3H3. The number of nitrogens with zero attached hydrogens (tertiary/aromatic N) is 1. The van der Waals surface area contributed by atoms with Crippen molar-refractivity contribution in [3.8, 4) is 0 Å². The van der Waals surface area contributed by atoms with Gasteiger partial charge in [-0.3, -0.25) is 0 Å². The molecule has 0 fully saturated rings. The topological polar surface area (TPSA) is 30.7 Å². The van der Waals surface area contributed by atoms with Crippen LogP contribution in [0.1, 0.15) is 6.42 Å². The van der Waals surface area contributed by atoms with E-state index in [1.165, 1.54) is 7.11 Å². The van der Waals surface area contributed by atoms with Crippen LogP contribution in [0.4, 0.5) is 0 Å². The molecular weight excluding hydrogens is 162 g/mol. The van der Waals surface area contributed by atoms with Gasteiger partial charge in [0.25, 0.3) is 0 Å². The first kappa shape index (κ1) is 10.3. The van der Waals surface area contributed by atoms with Gasteiger partial charge in [-0.15, -0.1) is 0 Å². The minimum absolute atomic E-state index is 0.422. The van der Waals surface area contributed by atoms with E-state index < -0.39 is 12.0 Å². The Morgan fingerprint density at radius 1 is 1.82 bits per heavy atom. The van der Waals surface area contributed by atoms with Gasteiger partial charge in [0.1, 0.15) is 0 Å². The summed E-state index contributed by atoms with van der Waals surface area (Å²) in [4.78, 5) is 14.0. The average Bonchev–Trinajstić information content (AvgIpc) is 2.05. The third-order valence-corrected chi connectivity index (χ3v) is 1.87. The fraction of sp³-hybridized carbons (Fsp3) is 0.714. The number of carbonyl (C=O) groups excluding carboxylic acids is 1. The molecule has 1 unspecified atom stereocenters. The van der Waals surface area contributed by atoms with Crippen LogP contribution in [0.5, 0.6) is 0 Å². The first-order valence-electron chi connectivity index (χ1n) is 3.19. The van der Waals surface area contributed by atoms with Gasteiger partial charge in [0.2, 0.25) is 0 Å². The van der Waals surface area contributed by atoms with E-state index in [-0.39, 0.29) is 0 Å². The second kappa shape index (κ2) is 6.05. The third-order valence-electron chi connectivity index (χ3n) is 1.22.